The van der Waals surface area contributed by atoms with Gasteiger partial charge in [-0.3, -0.25) is 4.79 Å². The third-order valence-electron chi connectivity index (χ3n) is 3.13. The summed E-state index contributed by atoms with van der Waals surface area (Å²) >= 11 is 0. The molecule has 8 heteroatoms. The number of hydrogen-bond donors (Lipinski definition) is 1. The average molecular weight is 409 g/mol. The molecule has 1 aromatic carbocycles. The van der Waals surface area contributed by atoms with Gasteiger partial charge in [-0.2, -0.15) is 0 Å². The van der Waals surface area contributed by atoms with Gasteiger partial charge >= 0.3 is 11.9 Å². The van der Waals surface area contributed by atoms with Crippen LogP contribution in [0.25, 0.3) is 0 Å². The highest BCUT2D eigenvalue weighted by Crippen LogP contribution is 2.29. The van der Waals surface area contributed by atoms with E-state index in [2.05, 4.69) is 5.32 Å². The molecule has 0 amide bonds. The lowest BCUT2D eigenvalue weighted by molar-refractivity contribution is -0.158. The molecule has 1 aromatic rings. The van der Waals surface area contributed by atoms with Gasteiger partial charge < -0.3 is 24.3 Å². The fourth-order valence-corrected chi connectivity index (χ4v) is 2.19. The molecule has 0 aliphatic carbocycles. The summed E-state index contributed by atoms with van der Waals surface area (Å²) in [7, 11) is 1.66. The number of carbonyl (C=O) groups excluding carboxylic acids is 3. The molecule has 0 aliphatic rings. The second kappa shape index (κ2) is 10.2. The average Bonchev–Trinajstić information content (AvgIpc) is 2.55. The predicted molar refractivity (Wildman–Crippen MR) is 107 cm³/mol. The van der Waals surface area contributed by atoms with Crippen molar-refractivity contribution in [1.29, 1.82) is 0 Å². The summed E-state index contributed by atoms with van der Waals surface area (Å²) in [6.07, 6.45) is 0. The lowest BCUT2D eigenvalue weighted by Crippen LogP contribution is -2.28. The maximum Gasteiger partial charge on any atom is 0.344 e. The van der Waals surface area contributed by atoms with Crippen molar-refractivity contribution in [3.63, 3.8) is 0 Å². The topological polar surface area (TPSA) is 100 Å². The summed E-state index contributed by atoms with van der Waals surface area (Å²) in [5.41, 5.74) is -0.913. The Kier molecular flexibility index (Phi) is 8.63. The van der Waals surface area contributed by atoms with Gasteiger partial charge in [0.1, 0.15) is 11.2 Å². The molecule has 0 aliphatic heterocycles. The minimum Gasteiger partial charge on any atom is -0.478 e. The Morgan fingerprint density at radius 2 is 1.31 bits per heavy atom. The molecule has 0 heterocycles. The Hall–Kier alpha value is -2.61. The number of ketones is 1. The van der Waals surface area contributed by atoms with Crippen LogP contribution in [0.3, 0.4) is 0 Å². The van der Waals surface area contributed by atoms with Crippen LogP contribution in [0.15, 0.2) is 18.2 Å². The van der Waals surface area contributed by atoms with E-state index in [4.69, 9.17) is 18.9 Å². The van der Waals surface area contributed by atoms with Crippen molar-refractivity contribution in [1.82, 2.24) is 5.32 Å². The van der Waals surface area contributed by atoms with E-state index in [0.717, 1.165) is 0 Å². The van der Waals surface area contributed by atoms with Crippen LogP contribution in [0.5, 0.6) is 11.5 Å². The van der Waals surface area contributed by atoms with Gasteiger partial charge in [0.25, 0.3) is 0 Å². The maximum absolute atomic E-state index is 12.1. The molecule has 1 rings (SSSR count). The van der Waals surface area contributed by atoms with Crippen molar-refractivity contribution in [3.8, 4) is 11.5 Å². The van der Waals surface area contributed by atoms with E-state index < -0.39 is 23.1 Å². The minimum absolute atomic E-state index is 0.142. The Morgan fingerprint density at radius 1 is 0.828 bits per heavy atom. The van der Waals surface area contributed by atoms with Gasteiger partial charge in [0.15, 0.2) is 30.5 Å². The minimum atomic E-state index is -0.652. The molecule has 162 valence electrons. The van der Waals surface area contributed by atoms with Crippen LogP contribution in [0.4, 0.5) is 0 Å². The van der Waals surface area contributed by atoms with Gasteiger partial charge in [0, 0.05) is 5.56 Å². The molecule has 1 N–H and O–H groups in total. The van der Waals surface area contributed by atoms with E-state index in [1.165, 1.54) is 12.1 Å². The zero-order valence-corrected chi connectivity index (χ0v) is 18.2. The van der Waals surface area contributed by atoms with Gasteiger partial charge in [-0.15, -0.1) is 0 Å². The SMILES string of the molecule is CNCC(=O)c1ccc(OCC(=O)OC(C)(C)C)c(OCC(=O)OC(C)(C)C)c1. The second-order valence-corrected chi connectivity index (χ2v) is 8.37. The molecule has 29 heavy (non-hydrogen) atoms. The quantitative estimate of drug-likeness (QED) is 0.491. The molecule has 0 bridgehead atoms. The number of carbonyl (C=O) groups is 3. The number of benzene rings is 1. The molecule has 0 saturated carbocycles. The van der Waals surface area contributed by atoms with Crippen molar-refractivity contribution < 1.29 is 33.3 Å². The summed E-state index contributed by atoms with van der Waals surface area (Å²) in [6.45, 7) is 9.93. The lowest BCUT2D eigenvalue weighted by Gasteiger charge is -2.21. The summed E-state index contributed by atoms with van der Waals surface area (Å²) in [4.78, 5) is 36.0. The Labute approximate surface area is 171 Å². The van der Waals surface area contributed by atoms with Crippen molar-refractivity contribution in [2.45, 2.75) is 52.7 Å². The number of rotatable bonds is 9. The Morgan fingerprint density at radius 3 is 1.76 bits per heavy atom. The van der Waals surface area contributed by atoms with Gasteiger partial charge in [-0.05, 0) is 66.8 Å². The van der Waals surface area contributed by atoms with E-state index >= 15 is 0 Å². The van der Waals surface area contributed by atoms with Gasteiger partial charge in [0.05, 0.1) is 6.54 Å². The molecular weight excluding hydrogens is 378 g/mol. The zero-order valence-electron chi connectivity index (χ0n) is 18.2. The second-order valence-electron chi connectivity index (χ2n) is 8.37. The predicted octanol–water partition coefficient (Wildman–Crippen LogP) is 2.53. The molecule has 0 spiro atoms. The van der Waals surface area contributed by atoms with Crippen molar-refractivity contribution >= 4 is 17.7 Å². The van der Waals surface area contributed by atoms with E-state index in [1.807, 2.05) is 0 Å². The van der Waals surface area contributed by atoms with Crippen molar-refractivity contribution in [3.05, 3.63) is 23.8 Å². The van der Waals surface area contributed by atoms with E-state index in [-0.39, 0.29) is 37.0 Å². The van der Waals surface area contributed by atoms with Gasteiger partial charge in [-0.1, -0.05) is 0 Å². The molecule has 0 fully saturated rings. The van der Waals surface area contributed by atoms with Crippen LogP contribution in [0.1, 0.15) is 51.9 Å². The number of ether oxygens (including phenoxy) is 4. The Balaban J connectivity index is 2.94. The van der Waals surface area contributed by atoms with Crippen LogP contribution < -0.4 is 14.8 Å². The molecule has 8 nitrogen and oxygen atoms in total. The van der Waals surface area contributed by atoms with Gasteiger partial charge in [0.2, 0.25) is 0 Å². The third-order valence-corrected chi connectivity index (χ3v) is 3.13. The van der Waals surface area contributed by atoms with Crippen LogP contribution in [-0.2, 0) is 19.1 Å². The van der Waals surface area contributed by atoms with Crippen molar-refractivity contribution in [2.24, 2.45) is 0 Å². The smallest absolute Gasteiger partial charge is 0.344 e. The monoisotopic (exact) mass is 409 g/mol. The first-order valence-corrected chi connectivity index (χ1v) is 9.32. The molecule has 0 atom stereocenters. The van der Waals surface area contributed by atoms with Crippen molar-refractivity contribution in [2.75, 3.05) is 26.8 Å². The summed E-state index contributed by atoms with van der Waals surface area (Å²) in [6, 6.07) is 4.54. The first-order valence-electron chi connectivity index (χ1n) is 9.32. The van der Waals surface area contributed by atoms with Crippen LogP contribution in [0.2, 0.25) is 0 Å². The molecular formula is C21H31NO7. The van der Waals surface area contributed by atoms with Crippen LogP contribution in [-0.4, -0.2) is 55.7 Å². The summed E-state index contributed by atoms with van der Waals surface area (Å²) in [5.74, 6) is -0.913. The lowest BCUT2D eigenvalue weighted by atomic mass is 10.1. The maximum atomic E-state index is 12.1. The third kappa shape index (κ3) is 9.94. The fraction of sp³-hybridized carbons (Fsp3) is 0.571. The normalized spacial score (nSPS) is 11.6. The highest BCUT2D eigenvalue weighted by molar-refractivity contribution is 5.98. The first kappa shape index (κ1) is 24.4. The Bertz CT molecular complexity index is 730. The fourth-order valence-electron chi connectivity index (χ4n) is 2.19. The number of Topliss-reactive ketones (excluding diaryl/α,β-unsaturated/α-hetero) is 1. The summed E-state index contributed by atoms with van der Waals surface area (Å²) < 4.78 is 21.4. The standard InChI is InChI=1S/C21H31NO7/c1-20(2,3)28-18(24)12-26-16-9-8-14(15(23)11-22-7)10-17(16)27-13-19(25)29-21(4,5)6/h8-10,22H,11-13H2,1-7H3. The number of esters is 2. The van der Waals surface area contributed by atoms with E-state index in [0.29, 0.717) is 5.56 Å². The molecule has 0 aromatic heterocycles. The van der Waals surface area contributed by atoms with E-state index in [9.17, 15) is 14.4 Å². The molecule has 0 unspecified atom stereocenters. The summed E-state index contributed by atoms with van der Waals surface area (Å²) in [5, 5.41) is 2.78. The van der Waals surface area contributed by atoms with Crippen LogP contribution >= 0.6 is 0 Å². The van der Waals surface area contributed by atoms with Crippen LogP contribution in [0, 0.1) is 0 Å². The largest absolute Gasteiger partial charge is 0.478 e. The molecule has 0 saturated heterocycles. The molecule has 0 radical (unpaired) electrons. The first-order chi connectivity index (χ1) is 13.3. The number of hydrogen-bond acceptors (Lipinski definition) is 8. The highest BCUT2D eigenvalue weighted by Gasteiger charge is 2.20. The van der Waals surface area contributed by atoms with Gasteiger partial charge in [-0.25, -0.2) is 9.59 Å². The zero-order chi connectivity index (χ0) is 22.2. The highest BCUT2D eigenvalue weighted by atomic mass is 16.6. The number of likely N-dealkylation sites (N-methyl/N-ethyl adjacent to an activating group) is 1. The number of nitrogens with one attached hydrogen (secondary N) is 1. The van der Waals surface area contributed by atoms with E-state index in [1.54, 1.807) is 54.7 Å².